The van der Waals surface area contributed by atoms with Gasteiger partial charge < -0.3 is 5.11 Å². The molecule has 21 heavy (non-hydrogen) atoms. The zero-order valence-corrected chi connectivity index (χ0v) is 12.4. The van der Waals surface area contributed by atoms with Crippen molar-refractivity contribution < 1.29 is 9.90 Å². The highest BCUT2D eigenvalue weighted by atomic mass is 35.5. The maximum Gasteiger partial charge on any atom is 0.322 e. The Morgan fingerprint density at radius 2 is 1.38 bits per heavy atom. The number of alkyl halides is 1. The topological polar surface area (TPSA) is 40.5 Å². The first kappa shape index (κ1) is 15.5. The Bertz CT molecular complexity index is 518. The second kappa shape index (κ2) is 7.81. The standard InChI is InChI=1S/C17H18ClNO2/c18-16(17(20)21)13-19(11-14-7-3-1-4-8-14)12-15-9-5-2-6-10-15/h1-10,16H,11-13H2,(H,20,21)/t16-/m1/s1. The second-order valence-corrected chi connectivity index (χ2v) is 5.47. The Morgan fingerprint density at radius 3 is 1.76 bits per heavy atom. The summed E-state index contributed by atoms with van der Waals surface area (Å²) in [6.45, 7) is 1.65. The average molecular weight is 304 g/mol. The van der Waals surface area contributed by atoms with Crippen molar-refractivity contribution >= 4 is 17.6 Å². The summed E-state index contributed by atoms with van der Waals surface area (Å²) in [5.74, 6) is -0.984. The van der Waals surface area contributed by atoms with E-state index in [-0.39, 0.29) is 0 Å². The van der Waals surface area contributed by atoms with Crippen LogP contribution in [0.3, 0.4) is 0 Å². The van der Waals surface area contributed by atoms with Gasteiger partial charge in [0.2, 0.25) is 0 Å². The van der Waals surface area contributed by atoms with Crippen molar-refractivity contribution in [1.82, 2.24) is 4.90 Å². The van der Waals surface area contributed by atoms with Crippen LogP contribution in [0.5, 0.6) is 0 Å². The summed E-state index contributed by atoms with van der Waals surface area (Å²) in [5, 5.41) is 8.10. The number of rotatable bonds is 7. The lowest BCUT2D eigenvalue weighted by Gasteiger charge is -2.23. The number of carboxylic acids is 1. The van der Waals surface area contributed by atoms with Crippen LogP contribution < -0.4 is 0 Å². The van der Waals surface area contributed by atoms with Gasteiger partial charge in [-0.1, -0.05) is 60.7 Å². The molecule has 0 saturated carbocycles. The van der Waals surface area contributed by atoms with Crippen LogP contribution in [-0.4, -0.2) is 27.9 Å². The van der Waals surface area contributed by atoms with Crippen molar-refractivity contribution in [2.75, 3.05) is 6.54 Å². The maximum atomic E-state index is 11.0. The Hall–Kier alpha value is -1.84. The summed E-state index contributed by atoms with van der Waals surface area (Å²) in [6.07, 6.45) is 0. The molecule has 0 saturated heterocycles. The molecule has 2 rings (SSSR count). The summed E-state index contributed by atoms with van der Waals surface area (Å²) >= 11 is 5.90. The Kier molecular flexibility index (Phi) is 5.78. The van der Waals surface area contributed by atoms with Gasteiger partial charge in [0.05, 0.1) is 0 Å². The number of benzene rings is 2. The SMILES string of the molecule is O=C(O)[C@H](Cl)CN(Cc1ccccc1)Cc1ccccc1. The van der Waals surface area contributed by atoms with E-state index in [0.29, 0.717) is 19.6 Å². The summed E-state index contributed by atoms with van der Waals surface area (Å²) in [6, 6.07) is 20.0. The van der Waals surface area contributed by atoms with Gasteiger partial charge in [-0.3, -0.25) is 9.69 Å². The predicted octanol–water partition coefficient (Wildman–Crippen LogP) is 3.38. The third kappa shape index (κ3) is 5.21. The van der Waals surface area contributed by atoms with Crippen LogP contribution in [0.2, 0.25) is 0 Å². The molecule has 0 heterocycles. The fraction of sp³-hybridized carbons (Fsp3) is 0.235. The molecule has 2 aromatic carbocycles. The molecule has 0 bridgehead atoms. The fourth-order valence-electron chi connectivity index (χ4n) is 2.17. The van der Waals surface area contributed by atoms with E-state index < -0.39 is 11.3 Å². The molecule has 2 aromatic rings. The number of carbonyl (C=O) groups is 1. The van der Waals surface area contributed by atoms with Crippen LogP contribution in [0.15, 0.2) is 60.7 Å². The lowest BCUT2D eigenvalue weighted by atomic mass is 10.1. The highest BCUT2D eigenvalue weighted by Gasteiger charge is 2.18. The molecular formula is C17H18ClNO2. The highest BCUT2D eigenvalue weighted by molar-refractivity contribution is 6.29. The summed E-state index contributed by atoms with van der Waals surface area (Å²) < 4.78 is 0. The number of nitrogens with zero attached hydrogens (tertiary/aromatic N) is 1. The van der Waals surface area contributed by atoms with Crippen LogP contribution in [0.1, 0.15) is 11.1 Å². The quantitative estimate of drug-likeness (QED) is 0.797. The van der Waals surface area contributed by atoms with Gasteiger partial charge in [0, 0.05) is 19.6 Å². The first-order valence-corrected chi connectivity index (χ1v) is 7.26. The minimum absolute atomic E-state index is 0.306. The molecule has 3 nitrogen and oxygen atoms in total. The molecule has 1 atom stereocenters. The van der Waals surface area contributed by atoms with Gasteiger partial charge in [-0.05, 0) is 11.1 Å². The average Bonchev–Trinajstić information content (AvgIpc) is 2.49. The van der Waals surface area contributed by atoms with Crippen molar-refractivity contribution in [3.63, 3.8) is 0 Å². The molecule has 0 spiro atoms. The zero-order chi connectivity index (χ0) is 15.1. The van der Waals surface area contributed by atoms with Gasteiger partial charge >= 0.3 is 5.97 Å². The van der Waals surface area contributed by atoms with Gasteiger partial charge in [-0.2, -0.15) is 0 Å². The number of halogens is 1. The molecule has 1 N–H and O–H groups in total. The molecule has 0 aliphatic heterocycles. The fourth-order valence-corrected chi connectivity index (χ4v) is 2.37. The minimum Gasteiger partial charge on any atom is -0.480 e. The van der Waals surface area contributed by atoms with Crippen molar-refractivity contribution in [1.29, 1.82) is 0 Å². The van der Waals surface area contributed by atoms with Crippen molar-refractivity contribution in [3.05, 3.63) is 71.8 Å². The summed E-state index contributed by atoms with van der Waals surface area (Å²) in [7, 11) is 0. The van der Waals surface area contributed by atoms with E-state index in [0.717, 1.165) is 11.1 Å². The molecular weight excluding hydrogens is 286 g/mol. The minimum atomic E-state index is -0.984. The Balaban J connectivity index is 2.08. The molecule has 0 aliphatic rings. The van der Waals surface area contributed by atoms with Crippen molar-refractivity contribution in [3.8, 4) is 0 Å². The monoisotopic (exact) mass is 303 g/mol. The van der Waals surface area contributed by atoms with Gasteiger partial charge in [0.15, 0.2) is 0 Å². The molecule has 110 valence electrons. The highest BCUT2D eigenvalue weighted by Crippen LogP contribution is 2.12. The van der Waals surface area contributed by atoms with Crippen molar-refractivity contribution in [2.45, 2.75) is 18.5 Å². The maximum absolute atomic E-state index is 11.0. The lowest BCUT2D eigenvalue weighted by molar-refractivity contribution is -0.137. The first-order valence-electron chi connectivity index (χ1n) is 6.82. The van der Waals surface area contributed by atoms with E-state index >= 15 is 0 Å². The third-order valence-corrected chi connectivity index (χ3v) is 3.51. The van der Waals surface area contributed by atoms with Crippen molar-refractivity contribution in [2.24, 2.45) is 0 Å². The normalized spacial score (nSPS) is 12.3. The summed E-state index contributed by atoms with van der Waals surface area (Å²) in [4.78, 5) is 13.0. The van der Waals surface area contributed by atoms with Gasteiger partial charge in [-0.25, -0.2) is 0 Å². The van der Waals surface area contributed by atoms with E-state index in [1.807, 2.05) is 60.7 Å². The molecule has 4 heteroatoms. The zero-order valence-electron chi connectivity index (χ0n) is 11.7. The number of hydrogen-bond acceptors (Lipinski definition) is 2. The van der Waals surface area contributed by atoms with E-state index in [2.05, 4.69) is 4.90 Å². The molecule has 0 aliphatic carbocycles. The molecule has 0 fully saturated rings. The van der Waals surface area contributed by atoms with Gasteiger partial charge in [0.1, 0.15) is 5.38 Å². The van der Waals surface area contributed by atoms with E-state index in [4.69, 9.17) is 16.7 Å². The Morgan fingerprint density at radius 1 is 0.952 bits per heavy atom. The van der Waals surface area contributed by atoms with Crippen LogP contribution in [-0.2, 0) is 17.9 Å². The van der Waals surface area contributed by atoms with Crippen LogP contribution in [0.25, 0.3) is 0 Å². The third-order valence-electron chi connectivity index (χ3n) is 3.18. The first-order chi connectivity index (χ1) is 10.1. The Labute approximate surface area is 129 Å². The number of aliphatic carboxylic acids is 1. The second-order valence-electron chi connectivity index (χ2n) is 4.95. The van der Waals surface area contributed by atoms with Gasteiger partial charge in [0.25, 0.3) is 0 Å². The molecule has 0 radical (unpaired) electrons. The largest absolute Gasteiger partial charge is 0.480 e. The smallest absolute Gasteiger partial charge is 0.322 e. The molecule has 0 unspecified atom stereocenters. The lowest BCUT2D eigenvalue weighted by Crippen LogP contribution is -2.33. The van der Waals surface area contributed by atoms with Crippen LogP contribution in [0.4, 0.5) is 0 Å². The molecule has 0 aromatic heterocycles. The number of hydrogen-bond donors (Lipinski definition) is 1. The summed E-state index contributed by atoms with van der Waals surface area (Å²) in [5.41, 5.74) is 2.28. The number of carboxylic acid groups (broad SMARTS) is 1. The van der Waals surface area contributed by atoms with Crippen LogP contribution in [0, 0.1) is 0 Å². The van der Waals surface area contributed by atoms with E-state index in [1.165, 1.54) is 0 Å². The van der Waals surface area contributed by atoms with Gasteiger partial charge in [-0.15, -0.1) is 11.6 Å². The predicted molar refractivity (Wildman–Crippen MR) is 84.3 cm³/mol. The molecule has 0 amide bonds. The van der Waals surface area contributed by atoms with Crippen LogP contribution >= 0.6 is 11.6 Å². The van der Waals surface area contributed by atoms with E-state index in [9.17, 15) is 4.79 Å². The van der Waals surface area contributed by atoms with E-state index in [1.54, 1.807) is 0 Å².